The van der Waals surface area contributed by atoms with E-state index in [2.05, 4.69) is 10.3 Å². The predicted molar refractivity (Wildman–Crippen MR) is 101 cm³/mol. The first-order valence-electron chi connectivity index (χ1n) is 9.83. The van der Waals surface area contributed by atoms with Gasteiger partial charge in [0.2, 0.25) is 5.91 Å². The third-order valence-corrected chi connectivity index (χ3v) is 6.07. The number of hydrogen-bond acceptors (Lipinski definition) is 5. The summed E-state index contributed by atoms with van der Waals surface area (Å²) in [6, 6.07) is 7.29. The second kappa shape index (κ2) is 7.76. The van der Waals surface area contributed by atoms with E-state index in [9.17, 15) is 9.59 Å². The second-order valence-electron chi connectivity index (χ2n) is 7.62. The van der Waals surface area contributed by atoms with Gasteiger partial charge in [-0.2, -0.15) is 0 Å². The Labute approximate surface area is 158 Å². The van der Waals surface area contributed by atoms with E-state index in [4.69, 9.17) is 4.74 Å². The van der Waals surface area contributed by atoms with Crippen LogP contribution in [0.25, 0.3) is 10.9 Å². The molecule has 144 valence electrons. The number of piperidine rings is 1. The summed E-state index contributed by atoms with van der Waals surface area (Å²) < 4.78 is 6.91. The van der Waals surface area contributed by atoms with Gasteiger partial charge in [0.1, 0.15) is 5.52 Å². The summed E-state index contributed by atoms with van der Waals surface area (Å²) in [6.07, 6.45) is 5.53. The van der Waals surface area contributed by atoms with E-state index in [0.717, 1.165) is 38.5 Å². The summed E-state index contributed by atoms with van der Waals surface area (Å²) in [7, 11) is 1.75. The number of nitrogens with zero attached hydrogens (tertiary/aromatic N) is 4. The molecule has 1 saturated heterocycles. The molecule has 27 heavy (non-hydrogen) atoms. The first-order valence-corrected chi connectivity index (χ1v) is 9.83. The Hall–Kier alpha value is -2.28. The van der Waals surface area contributed by atoms with Gasteiger partial charge in [-0.05, 0) is 50.7 Å². The fourth-order valence-electron chi connectivity index (χ4n) is 4.38. The number of benzene rings is 1. The van der Waals surface area contributed by atoms with Crippen molar-refractivity contribution in [2.24, 2.45) is 5.92 Å². The highest BCUT2D eigenvalue weighted by atomic mass is 16.5. The zero-order chi connectivity index (χ0) is 18.8. The van der Waals surface area contributed by atoms with Crippen LogP contribution in [0, 0.1) is 5.92 Å². The fraction of sp³-hybridized carbons (Fsp3) is 0.600. The topological polar surface area (TPSA) is 77.3 Å². The molecule has 0 unspecified atom stereocenters. The Bertz CT molecular complexity index is 865. The van der Waals surface area contributed by atoms with Gasteiger partial charge >= 0.3 is 0 Å². The van der Waals surface area contributed by atoms with Gasteiger partial charge in [-0.3, -0.25) is 9.59 Å². The van der Waals surface area contributed by atoms with Crippen molar-refractivity contribution >= 4 is 16.8 Å². The summed E-state index contributed by atoms with van der Waals surface area (Å²) in [6.45, 7) is 1.35. The van der Waals surface area contributed by atoms with Crippen LogP contribution in [-0.2, 0) is 9.53 Å². The van der Waals surface area contributed by atoms with Crippen molar-refractivity contribution in [3.63, 3.8) is 0 Å². The molecule has 0 radical (unpaired) electrons. The first kappa shape index (κ1) is 18.1. The van der Waals surface area contributed by atoms with Gasteiger partial charge in [-0.15, -0.1) is 5.10 Å². The van der Waals surface area contributed by atoms with Gasteiger partial charge in [-0.1, -0.05) is 17.3 Å². The number of rotatable bonds is 3. The lowest BCUT2D eigenvalue weighted by molar-refractivity contribution is -0.138. The van der Waals surface area contributed by atoms with Crippen LogP contribution in [0.2, 0.25) is 0 Å². The fourth-order valence-corrected chi connectivity index (χ4v) is 4.38. The van der Waals surface area contributed by atoms with Crippen LogP contribution in [0.5, 0.6) is 0 Å². The third-order valence-electron chi connectivity index (χ3n) is 6.07. The Morgan fingerprint density at radius 2 is 1.78 bits per heavy atom. The van der Waals surface area contributed by atoms with Crippen molar-refractivity contribution in [2.45, 2.75) is 50.7 Å². The number of hydrogen-bond donors (Lipinski definition) is 0. The smallest absolute Gasteiger partial charge is 0.277 e. The molecule has 2 fully saturated rings. The van der Waals surface area contributed by atoms with Gasteiger partial charge in [0.05, 0.1) is 17.5 Å². The van der Waals surface area contributed by atoms with Crippen LogP contribution in [0.3, 0.4) is 0 Å². The molecule has 4 rings (SSSR count). The minimum Gasteiger partial charge on any atom is -0.381 e. The minimum atomic E-state index is -0.0942. The molecule has 1 aliphatic heterocycles. The zero-order valence-corrected chi connectivity index (χ0v) is 15.7. The van der Waals surface area contributed by atoms with Gasteiger partial charge in [0.25, 0.3) is 5.56 Å². The van der Waals surface area contributed by atoms with Crippen molar-refractivity contribution in [3.8, 4) is 0 Å². The number of ether oxygens (including phenoxy) is 1. The lowest BCUT2D eigenvalue weighted by atomic mass is 9.86. The molecule has 0 spiro atoms. The van der Waals surface area contributed by atoms with Crippen LogP contribution < -0.4 is 5.56 Å². The number of likely N-dealkylation sites (tertiary alicyclic amines) is 1. The molecule has 2 aromatic rings. The average Bonchev–Trinajstić information content (AvgIpc) is 2.74. The maximum atomic E-state index is 12.8. The molecule has 1 aliphatic carbocycles. The van der Waals surface area contributed by atoms with Gasteiger partial charge in [0.15, 0.2) is 0 Å². The molecule has 0 bridgehead atoms. The van der Waals surface area contributed by atoms with Crippen LogP contribution in [-0.4, -0.2) is 52.1 Å². The molecule has 7 nitrogen and oxygen atoms in total. The monoisotopic (exact) mass is 370 g/mol. The maximum absolute atomic E-state index is 12.8. The average molecular weight is 370 g/mol. The molecule has 2 heterocycles. The summed E-state index contributed by atoms with van der Waals surface area (Å²) in [5.41, 5.74) is 0.529. The molecular formula is C20H26N4O3. The molecule has 1 aromatic heterocycles. The Balaban J connectivity index is 1.40. The Kier molecular flexibility index (Phi) is 5.20. The molecule has 1 aromatic carbocycles. The van der Waals surface area contributed by atoms with Crippen LogP contribution in [0.1, 0.15) is 44.6 Å². The molecule has 7 heteroatoms. The van der Waals surface area contributed by atoms with E-state index >= 15 is 0 Å². The van der Waals surface area contributed by atoms with Crippen molar-refractivity contribution < 1.29 is 9.53 Å². The van der Waals surface area contributed by atoms with Crippen molar-refractivity contribution in [3.05, 3.63) is 34.6 Å². The van der Waals surface area contributed by atoms with Crippen LogP contribution in [0.4, 0.5) is 0 Å². The first-order chi connectivity index (χ1) is 13.2. The van der Waals surface area contributed by atoms with Gasteiger partial charge in [-0.25, -0.2) is 4.68 Å². The van der Waals surface area contributed by atoms with E-state index in [1.165, 1.54) is 4.68 Å². The highest BCUT2D eigenvalue weighted by Crippen LogP contribution is 2.29. The van der Waals surface area contributed by atoms with Gasteiger partial charge in [0, 0.05) is 26.1 Å². The third kappa shape index (κ3) is 3.60. The number of carbonyl (C=O) groups is 1. The second-order valence-corrected chi connectivity index (χ2v) is 7.62. The molecule has 1 amide bonds. The Morgan fingerprint density at radius 1 is 1.07 bits per heavy atom. The van der Waals surface area contributed by atoms with Crippen molar-refractivity contribution in [1.29, 1.82) is 0 Å². The molecule has 1 saturated carbocycles. The predicted octanol–water partition coefficient (Wildman–Crippen LogP) is 2.16. The van der Waals surface area contributed by atoms with Crippen LogP contribution >= 0.6 is 0 Å². The summed E-state index contributed by atoms with van der Waals surface area (Å²) in [4.78, 5) is 27.5. The zero-order valence-electron chi connectivity index (χ0n) is 15.7. The highest BCUT2D eigenvalue weighted by Gasteiger charge is 2.32. The summed E-state index contributed by atoms with van der Waals surface area (Å²) >= 11 is 0. The lowest BCUT2D eigenvalue weighted by Gasteiger charge is -2.36. The molecular weight excluding hydrogens is 344 g/mol. The number of methoxy groups -OCH3 is 1. The summed E-state index contributed by atoms with van der Waals surface area (Å²) in [5.74, 6) is 0.385. The summed E-state index contributed by atoms with van der Waals surface area (Å²) in [5, 5.41) is 8.92. The molecule has 2 aliphatic rings. The Morgan fingerprint density at radius 3 is 2.48 bits per heavy atom. The van der Waals surface area contributed by atoms with Crippen LogP contribution in [0.15, 0.2) is 29.1 Å². The van der Waals surface area contributed by atoms with E-state index in [0.29, 0.717) is 30.1 Å². The number of carbonyl (C=O) groups excluding carboxylic acids is 1. The minimum absolute atomic E-state index is 0.00267. The van der Waals surface area contributed by atoms with E-state index in [1.54, 1.807) is 19.2 Å². The standard InChI is InChI=1S/C20H26N4O3/c1-27-16-8-6-14(7-9-16)19(25)23-12-10-15(11-13-23)24-20(26)17-4-2-3-5-18(17)21-22-24/h2-5,14-16H,6-13H2,1H3. The SMILES string of the molecule is COC1CCC(C(=O)N2CCC(n3nnc4ccccc4c3=O)CC2)CC1. The number of aromatic nitrogens is 3. The highest BCUT2D eigenvalue weighted by molar-refractivity contribution is 5.79. The quantitative estimate of drug-likeness (QED) is 0.827. The molecule has 0 N–H and O–H groups in total. The largest absolute Gasteiger partial charge is 0.381 e. The van der Waals surface area contributed by atoms with E-state index in [-0.39, 0.29) is 23.4 Å². The lowest BCUT2D eigenvalue weighted by Crippen LogP contribution is -2.44. The van der Waals surface area contributed by atoms with E-state index < -0.39 is 0 Å². The van der Waals surface area contributed by atoms with Crippen molar-refractivity contribution in [2.75, 3.05) is 20.2 Å². The van der Waals surface area contributed by atoms with Gasteiger partial charge < -0.3 is 9.64 Å². The maximum Gasteiger partial charge on any atom is 0.277 e. The molecule has 0 atom stereocenters. The van der Waals surface area contributed by atoms with E-state index in [1.807, 2.05) is 17.0 Å². The number of amides is 1. The van der Waals surface area contributed by atoms with Crippen molar-refractivity contribution in [1.82, 2.24) is 19.9 Å². The normalized spacial score (nSPS) is 24.3. The number of fused-ring (bicyclic) bond motifs is 1.